The molecule has 0 aromatic heterocycles. The molecule has 2 unspecified atom stereocenters. The van der Waals surface area contributed by atoms with Crippen molar-refractivity contribution in [1.82, 2.24) is 10.6 Å². The summed E-state index contributed by atoms with van der Waals surface area (Å²) in [5.41, 5.74) is 4.63. The lowest BCUT2D eigenvalue weighted by molar-refractivity contribution is -0.125. The van der Waals surface area contributed by atoms with Crippen LogP contribution in [0.2, 0.25) is 0 Å². The van der Waals surface area contributed by atoms with Crippen molar-refractivity contribution in [2.75, 3.05) is 6.54 Å². The molecular weight excluding hydrogens is 170 g/mol. The van der Waals surface area contributed by atoms with Crippen LogP contribution in [0.4, 0.5) is 4.79 Å². The first-order chi connectivity index (χ1) is 6.06. The van der Waals surface area contributed by atoms with Gasteiger partial charge in [-0.05, 0) is 5.92 Å². The average Bonchev–Trinajstić information content (AvgIpc) is 2.40. The lowest BCUT2D eigenvalue weighted by atomic mass is 9.83. The maximum Gasteiger partial charge on any atom is 0.322 e. The molecule has 1 saturated heterocycles. The summed E-state index contributed by atoms with van der Waals surface area (Å²) in [4.78, 5) is 22.4. The molecule has 2 atom stereocenters. The van der Waals surface area contributed by atoms with Crippen molar-refractivity contribution in [1.29, 1.82) is 0 Å². The molecule has 1 fully saturated rings. The fourth-order valence-electron chi connectivity index (χ4n) is 1.55. The van der Waals surface area contributed by atoms with Gasteiger partial charge >= 0.3 is 6.03 Å². The lowest BCUT2D eigenvalue weighted by Gasteiger charge is -2.30. The van der Waals surface area contributed by atoms with Gasteiger partial charge in [0.05, 0.1) is 0 Å². The average molecular weight is 185 g/mol. The zero-order valence-electron chi connectivity index (χ0n) is 7.89. The van der Waals surface area contributed by atoms with E-state index in [9.17, 15) is 9.59 Å². The maximum absolute atomic E-state index is 11.5. The predicted molar refractivity (Wildman–Crippen MR) is 47.9 cm³/mol. The molecule has 1 rings (SSSR count). The van der Waals surface area contributed by atoms with Crippen LogP contribution in [0.15, 0.2) is 0 Å². The lowest BCUT2D eigenvalue weighted by Crippen LogP contribution is -2.57. The number of hydrogen-bond acceptors (Lipinski definition) is 3. The van der Waals surface area contributed by atoms with E-state index in [-0.39, 0.29) is 18.4 Å². The first-order valence-electron chi connectivity index (χ1n) is 4.40. The Labute approximate surface area is 77.1 Å². The third-order valence-corrected chi connectivity index (χ3v) is 2.74. The fourth-order valence-corrected chi connectivity index (χ4v) is 1.55. The number of amides is 3. The standard InChI is InChI=1S/C8H15N3O2/c1-3-5(2)8(4-9)6(12)10-7(13)11-8/h5H,3-4,9H2,1-2H3,(H2,10,11,12,13). The van der Waals surface area contributed by atoms with Crippen LogP contribution in [0, 0.1) is 5.92 Å². The second-order valence-electron chi connectivity index (χ2n) is 3.39. The van der Waals surface area contributed by atoms with E-state index in [0.717, 1.165) is 6.42 Å². The van der Waals surface area contributed by atoms with E-state index in [1.807, 2.05) is 13.8 Å². The van der Waals surface area contributed by atoms with Crippen LogP contribution in [0.1, 0.15) is 20.3 Å². The van der Waals surface area contributed by atoms with E-state index in [1.54, 1.807) is 0 Å². The normalized spacial score (nSPS) is 29.8. The van der Waals surface area contributed by atoms with Gasteiger partial charge in [-0.2, -0.15) is 0 Å². The summed E-state index contributed by atoms with van der Waals surface area (Å²) < 4.78 is 0. The summed E-state index contributed by atoms with van der Waals surface area (Å²) in [6, 6.07) is -0.448. The van der Waals surface area contributed by atoms with Crippen molar-refractivity contribution < 1.29 is 9.59 Å². The van der Waals surface area contributed by atoms with Gasteiger partial charge in [0.15, 0.2) is 0 Å². The summed E-state index contributed by atoms with van der Waals surface area (Å²) in [7, 11) is 0. The van der Waals surface area contributed by atoms with Crippen LogP contribution >= 0.6 is 0 Å². The number of rotatable bonds is 3. The van der Waals surface area contributed by atoms with Gasteiger partial charge in [0.2, 0.25) is 0 Å². The van der Waals surface area contributed by atoms with Crippen LogP contribution in [-0.4, -0.2) is 24.0 Å². The molecule has 3 amide bonds. The van der Waals surface area contributed by atoms with Crippen LogP contribution in [0.5, 0.6) is 0 Å². The second kappa shape index (κ2) is 3.33. The van der Waals surface area contributed by atoms with Gasteiger partial charge in [0.1, 0.15) is 5.54 Å². The highest BCUT2D eigenvalue weighted by Crippen LogP contribution is 2.22. The number of nitrogens with two attached hydrogens (primary N) is 1. The van der Waals surface area contributed by atoms with Gasteiger partial charge in [-0.15, -0.1) is 0 Å². The molecule has 0 aromatic carbocycles. The first kappa shape index (κ1) is 9.98. The van der Waals surface area contributed by atoms with E-state index in [1.165, 1.54) is 0 Å². The van der Waals surface area contributed by atoms with Crippen LogP contribution in [0.3, 0.4) is 0 Å². The van der Waals surface area contributed by atoms with E-state index in [4.69, 9.17) is 5.73 Å². The molecule has 0 saturated carbocycles. The maximum atomic E-state index is 11.5. The van der Waals surface area contributed by atoms with Gasteiger partial charge in [-0.1, -0.05) is 20.3 Å². The third kappa shape index (κ3) is 1.39. The van der Waals surface area contributed by atoms with Crippen LogP contribution in [-0.2, 0) is 4.79 Å². The third-order valence-electron chi connectivity index (χ3n) is 2.74. The summed E-state index contributed by atoms with van der Waals surface area (Å²) in [6.45, 7) is 4.00. The molecule has 1 aliphatic rings. The molecule has 1 aliphatic heterocycles. The number of carbonyl (C=O) groups is 2. The Balaban J connectivity index is 2.93. The molecule has 4 N–H and O–H groups in total. The molecule has 74 valence electrons. The Morgan fingerprint density at radius 3 is 2.46 bits per heavy atom. The number of hydrogen-bond donors (Lipinski definition) is 3. The number of imide groups is 1. The van der Waals surface area contributed by atoms with Crippen molar-refractivity contribution in [3.8, 4) is 0 Å². The van der Waals surface area contributed by atoms with Gasteiger partial charge in [0.25, 0.3) is 5.91 Å². The van der Waals surface area contributed by atoms with Crippen molar-refractivity contribution >= 4 is 11.9 Å². The van der Waals surface area contributed by atoms with Crippen molar-refractivity contribution in [2.45, 2.75) is 25.8 Å². The molecule has 1 heterocycles. The molecule has 5 nitrogen and oxygen atoms in total. The van der Waals surface area contributed by atoms with Gasteiger partial charge in [0, 0.05) is 6.54 Å². The van der Waals surface area contributed by atoms with Crippen molar-refractivity contribution in [3.05, 3.63) is 0 Å². The zero-order valence-corrected chi connectivity index (χ0v) is 7.89. The number of urea groups is 1. The highest BCUT2D eigenvalue weighted by molar-refractivity contribution is 6.07. The smallest absolute Gasteiger partial charge is 0.322 e. The summed E-state index contributed by atoms with van der Waals surface area (Å²) in [5, 5.41) is 4.80. The highest BCUT2D eigenvalue weighted by Gasteiger charge is 2.48. The molecule has 5 heteroatoms. The van der Waals surface area contributed by atoms with E-state index in [0.29, 0.717) is 0 Å². The van der Waals surface area contributed by atoms with E-state index in [2.05, 4.69) is 10.6 Å². The Morgan fingerprint density at radius 1 is 1.54 bits per heavy atom. The Morgan fingerprint density at radius 2 is 2.15 bits per heavy atom. The van der Waals surface area contributed by atoms with Crippen LogP contribution in [0.25, 0.3) is 0 Å². The summed E-state index contributed by atoms with van der Waals surface area (Å²) in [5.74, 6) is -0.265. The number of carbonyl (C=O) groups excluding carboxylic acids is 2. The van der Waals surface area contributed by atoms with Gasteiger partial charge in [-0.25, -0.2) is 4.79 Å². The Bertz CT molecular complexity index is 242. The molecule has 0 bridgehead atoms. The molecule has 13 heavy (non-hydrogen) atoms. The highest BCUT2D eigenvalue weighted by atomic mass is 16.2. The largest absolute Gasteiger partial charge is 0.328 e. The zero-order chi connectivity index (χ0) is 10.1. The van der Waals surface area contributed by atoms with Crippen molar-refractivity contribution in [3.63, 3.8) is 0 Å². The molecular formula is C8H15N3O2. The predicted octanol–water partition coefficient (Wildman–Crippen LogP) is -0.431. The molecule has 0 spiro atoms. The molecule has 0 radical (unpaired) electrons. The minimum Gasteiger partial charge on any atom is -0.328 e. The Kier molecular flexibility index (Phi) is 2.56. The topological polar surface area (TPSA) is 84.2 Å². The van der Waals surface area contributed by atoms with Gasteiger partial charge in [-0.3, -0.25) is 10.1 Å². The second-order valence-corrected chi connectivity index (χ2v) is 3.39. The first-order valence-corrected chi connectivity index (χ1v) is 4.40. The SMILES string of the molecule is CCC(C)C1(CN)NC(=O)NC1=O. The summed E-state index contributed by atoms with van der Waals surface area (Å²) in [6.07, 6.45) is 0.797. The molecule has 0 aromatic rings. The Hall–Kier alpha value is -1.10. The van der Waals surface area contributed by atoms with Gasteiger partial charge < -0.3 is 11.1 Å². The minimum atomic E-state index is -0.897. The molecule has 0 aliphatic carbocycles. The minimum absolute atomic E-state index is 0.0453. The van der Waals surface area contributed by atoms with Crippen molar-refractivity contribution in [2.24, 2.45) is 11.7 Å². The number of nitrogens with one attached hydrogen (secondary N) is 2. The van der Waals surface area contributed by atoms with E-state index < -0.39 is 11.6 Å². The van der Waals surface area contributed by atoms with E-state index >= 15 is 0 Å². The fraction of sp³-hybridized carbons (Fsp3) is 0.750. The monoisotopic (exact) mass is 185 g/mol. The quantitative estimate of drug-likeness (QED) is 0.521. The van der Waals surface area contributed by atoms with Crippen LogP contribution < -0.4 is 16.4 Å². The summed E-state index contributed by atoms with van der Waals surface area (Å²) >= 11 is 0.